The molecule has 12 heavy (non-hydrogen) atoms. The number of anilines is 2. The van der Waals surface area contributed by atoms with Crippen LogP contribution in [0.4, 0.5) is 11.5 Å². The minimum atomic E-state index is 0.767. The number of pyridine rings is 1. The molecular formula is C9H15N3. The van der Waals surface area contributed by atoms with Gasteiger partial charge in [-0.2, -0.15) is 0 Å². The van der Waals surface area contributed by atoms with Crippen molar-refractivity contribution in [3.8, 4) is 0 Å². The largest absolute Gasteiger partial charge is 0.399 e. The SMILES string of the molecule is CCCN(C)c1cc(N)ccn1. The van der Waals surface area contributed by atoms with Crippen molar-refractivity contribution in [1.29, 1.82) is 0 Å². The van der Waals surface area contributed by atoms with Crippen LogP contribution in [-0.4, -0.2) is 18.6 Å². The average molecular weight is 165 g/mol. The van der Waals surface area contributed by atoms with Gasteiger partial charge in [0.05, 0.1) is 0 Å². The van der Waals surface area contributed by atoms with Gasteiger partial charge in [-0.25, -0.2) is 4.98 Å². The molecule has 1 heterocycles. The summed E-state index contributed by atoms with van der Waals surface area (Å²) in [5.41, 5.74) is 6.39. The van der Waals surface area contributed by atoms with Crippen molar-refractivity contribution in [1.82, 2.24) is 4.98 Å². The maximum Gasteiger partial charge on any atom is 0.130 e. The molecule has 0 radical (unpaired) electrons. The van der Waals surface area contributed by atoms with Crippen molar-refractivity contribution in [2.45, 2.75) is 13.3 Å². The van der Waals surface area contributed by atoms with Crippen LogP contribution in [0.5, 0.6) is 0 Å². The van der Waals surface area contributed by atoms with Gasteiger partial charge in [0.15, 0.2) is 0 Å². The fourth-order valence-electron chi connectivity index (χ4n) is 1.09. The third kappa shape index (κ3) is 2.12. The van der Waals surface area contributed by atoms with Crippen LogP contribution in [0.25, 0.3) is 0 Å². The summed E-state index contributed by atoms with van der Waals surface area (Å²) in [5, 5.41) is 0. The van der Waals surface area contributed by atoms with Crippen molar-refractivity contribution in [3.05, 3.63) is 18.3 Å². The second-order valence-corrected chi connectivity index (χ2v) is 2.87. The molecule has 0 aliphatic rings. The Morgan fingerprint density at radius 1 is 1.58 bits per heavy atom. The molecule has 0 saturated carbocycles. The molecule has 3 heteroatoms. The highest BCUT2D eigenvalue weighted by Gasteiger charge is 1.99. The first kappa shape index (κ1) is 8.84. The highest BCUT2D eigenvalue weighted by molar-refractivity contribution is 5.49. The third-order valence-electron chi connectivity index (χ3n) is 1.72. The molecule has 0 aromatic carbocycles. The van der Waals surface area contributed by atoms with E-state index < -0.39 is 0 Å². The van der Waals surface area contributed by atoms with E-state index in [9.17, 15) is 0 Å². The highest BCUT2D eigenvalue weighted by Crippen LogP contribution is 2.11. The van der Waals surface area contributed by atoms with E-state index in [2.05, 4.69) is 16.8 Å². The molecule has 1 aromatic rings. The lowest BCUT2D eigenvalue weighted by Crippen LogP contribution is -2.18. The maximum atomic E-state index is 5.63. The summed E-state index contributed by atoms with van der Waals surface area (Å²) in [5.74, 6) is 0.942. The van der Waals surface area contributed by atoms with Crippen LogP contribution < -0.4 is 10.6 Å². The third-order valence-corrected chi connectivity index (χ3v) is 1.72. The van der Waals surface area contributed by atoms with E-state index in [0.29, 0.717) is 0 Å². The van der Waals surface area contributed by atoms with Crippen LogP contribution in [0, 0.1) is 0 Å². The molecule has 0 unspecified atom stereocenters. The van der Waals surface area contributed by atoms with E-state index in [1.54, 1.807) is 12.3 Å². The molecule has 0 atom stereocenters. The fraction of sp³-hybridized carbons (Fsp3) is 0.444. The van der Waals surface area contributed by atoms with Gasteiger partial charge in [0, 0.05) is 31.5 Å². The summed E-state index contributed by atoms with van der Waals surface area (Å²) >= 11 is 0. The minimum Gasteiger partial charge on any atom is -0.399 e. The Hall–Kier alpha value is -1.25. The van der Waals surface area contributed by atoms with Gasteiger partial charge in [0.1, 0.15) is 5.82 Å². The molecule has 0 aliphatic heterocycles. The van der Waals surface area contributed by atoms with E-state index in [1.165, 1.54) is 0 Å². The second-order valence-electron chi connectivity index (χ2n) is 2.87. The Morgan fingerprint density at radius 3 is 2.92 bits per heavy atom. The number of nitrogens with two attached hydrogens (primary N) is 1. The monoisotopic (exact) mass is 165 g/mol. The second kappa shape index (κ2) is 3.95. The zero-order chi connectivity index (χ0) is 8.97. The van der Waals surface area contributed by atoms with Gasteiger partial charge >= 0.3 is 0 Å². The Bertz CT molecular complexity index is 247. The lowest BCUT2D eigenvalue weighted by Gasteiger charge is -2.16. The predicted octanol–water partition coefficient (Wildman–Crippen LogP) is 1.51. The summed E-state index contributed by atoms with van der Waals surface area (Å²) in [6.45, 7) is 3.15. The highest BCUT2D eigenvalue weighted by atomic mass is 15.2. The zero-order valence-electron chi connectivity index (χ0n) is 7.62. The predicted molar refractivity (Wildman–Crippen MR) is 52.2 cm³/mol. The van der Waals surface area contributed by atoms with Gasteiger partial charge in [-0.1, -0.05) is 6.92 Å². The van der Waals surface area contributed by atoms with E-state index in [-0.39, 0.29) is 0 Å². The summed E-state index contributed by atoms with van der Waals surface area (Å²) in [6, 6.07) is 3.68. The fourth-order valence-corrected chi connectivity index (χ4v) is 1.09. The number of hydrogen-bond donors (Lipinski definition) is 1. The van der Waals surface area contributed by atoms with E-state index >= 15 is 0 Å². The summed E-state index contributed by atoms with van der Waals surface area (Å²) in [4.78, 5) is 6.30. The molecule has 0 amide bonds. The van der Waals surface area contributed by atoms with Crippen LogP contribution >= 0.6 is 0 Å². The van der Waals surface area contributed by atoms with E-state index in [0.717, 1.165) is 24.5 Å². The standard InChI is InChI=1S/C9H15N3/c1-3-6-12(2)9-7-8(10)4-5-11-9/h4-5,7H,3,6H2,1-2H3,(H2,10,11). The van der Waals surface area contributed by atoms with Crippen LogP contribution in [0.15, 0.2) is 18.3 Å². The van der Waals surface area contributed by atoms with Gasteiger partial charge in [-0.05, 0) is 12.5 Å². The molecule has 66 valence electrons. The van der Waals surface area contributed by atoms with E-state index in [1.807, 2.05) is 13.1 Å². The number of nitrogen functional groups attached to an aromatic ring is 1. The molecule has 0 bridgehead atoms. The van der Waals surface area contributed by atoms with Gasteiger partial charge in [0.25, 0.3) is 0 Å². The Balaban J connectivity index is 2.73. The molecule has 0 spiro atoms. The van der Waals surface area contributed by atoms with Gasteiger partial charge in [0.2, 0.25) is 0 Å². The first-order valence-electron chi connectivity index (χ1n) is 4.16. The minimum absolute atomic E-state index is 0.767. The normalized spacial score (nSPS) is 9.83. The zero-order valence-corrected chi connectivity index (χ0v) is 7.62. The molecule has 0 aliphatic carbocycles. The van der Waals surface area contributed by atoms with Crippen molar-refractivity contribution >= 4 is 11.5 Å². The summed E-state index contributed by atoms with van der Waals surface area (Å²) < 4.78 is 0. The van der Waals surface area contributed by atoms with Gasteiger partial charge in [-0.15, -0.1) is 0 Å². The molecule has 1 rings (SSSR count). The maximum absolute atomic E-state index is 5.63. The summed E-state index contributed by atoms with van der Waals surface area (Å²) in [6.07, 6.45) is 2.85. The number of rotatable bonds is 3. The first-order valence-corrected chi connectivity index (χ1v) is 4.16. The lowest BCUT2D eigenvalue weighted by atomic mass is 10.3. The molecule has 3 nitrogen and oxygen atoms in total. The summed E-state index contributed by atoms with van der Waals surface area (Å²) in [7, 11) is 2.02. The van der Waals surface area contributed by atoms with Crippen molar-refractivity contribution in [3.63, 3.8) is 0 Å². The Kier molecular flexibility index (Phi) is 2.91. The van der Waals surface area contributed by atoms with E-state index in [4.69, 9.17) is 5.73 Å². The van der Waals surface area contributed by atoms with Gasteiger partial charge in [-0.3, -0.25) is 0 Å². The molecular weight excluding hydrogens is 150 g/mol. The number of nitrogens with zero attached hydrogens (tertiary/aromatic N) is 2. The Labute approximate surface area is 73.2 Å². The van der Waals surface area contributed by atoms with Crippen molar-refractivity contribution in [2.75, 3.05) is 24.2 Å². The van der Waals surface area contributed by atoms with Crippen LogP contribution in [-0.2, 0) is 0 Å². The smallest absolute Gasteiger partial charge is 0.130 e. The molecule has 2 N–H and O–H groups in total. The molecule has 0 saturated heterocycles. The van der Waals surface area contributed by atoms with Crippen molar-refractivity contribution in [2.24, 2.45) is 0 Å². The number of hydrogen-bond acceptors (Lipinski definition) is 3. The lowest BCUT2D eigenvalue weighted by molar-refractivity contribution is 0.838. The van der Waals surface area contributed by atoms with Crippen LogP contribution in [0.1, 0.15) is 13.3 Å². The Morgan fingerprint density at radius 2 is 2.33 bits per heavy atom. The van der Waals surface area contributed by atoms with Gasteiger partial charge < -0.3 is 10.6 Å². The number of aromatic nitrogens is 1. The van der Waals surface area contributed by atoms with Crippen LogP contribution in [0.2, 0.25) is 0 Å². The van der Waals surface area contributed by atoms with Crippen LogP contribution in [0.3, 0.4) is 0 Å². The average Bonchev–Trinajstić information content (AvgIpc) is 2.05. The topological polar surface area (TPSA) is 42.1 Å². The molecule has 1 aromatic heterocycles. The van der Waals surface area contributed by atoms with Crippen molar-refractivity contribution < 1.29 is 0 Å². The quantitative estimate of drug-likeness (QED) is 0.738. The first-order chi connectivity index (χ1) is 5.74. The molecule has 0 fully saturated rings.